The number of carbonyl (C=O) groups is 3. The molecule has 0 aliphatic carbocycles. The van der Waals surface area contributed by atoms with Gasteiger partial charge in [0, 0.05) is 73.9 Å². The van der Waals surface area contributed by atoms with Crippen molar-refractivity contribution in [1.29, 1.82) is 0 Å². The fourth-order valence-corrected chi connectivity index (χ4v) is 10.7. The molecule has 2 aliphatic heterocycles. The van der Waals surface area contributed by atoms with Crippen LogP contribution < -0.4 is 20.1 Å². The van der Waals surface area contributed by atoms with Gasteiger partial charge in [0.2, 0.25) is 17.7 Å². The van der Waals surface area contributed by atoms with E-state index in [9.17, 15) is 24.6 Å². The van der Waals surface area contributed by atoms with E-state index in [0.717, 1.165) is 86.4 Å². The number of amides is 3. The first-order chi connectivity index (χ1) is 33.2. The molecule has 8 rings (SSSR count). The van der Waals surface area contributed by atoms with Crippen molar-refractivity contribution in [2.24, 2.45) is 5.41 Å². The molecular formula is C52H59ClN6O8S2. The number of hydrogen-bond acceptors (Lipinski definition) is 13. The Balaban J connectivity index is 0.734. The maximum Gasteiger partial charge on any atom is 0.246 e. The summed E-state index contributed by atoms with van der Waals surface area (Å²) in [4.78, 5) is 53.1. The average Bonchev–Trinajstić information content (AvgIpc) is 4.05. The summed E-state index contributed by atoms with van der Waals surface area (Å²) in [6, 6.07) is 26.6. The summed E-state index contributed by atoms with van der Waals surface area (Å²) < 4.78 is 19.3. The largest absolute Gasteiger partial charge is 0.508 e. The molecule has 14 nitrogen and oxygen atoms in total. The number of aryl methyl sites for hydroxylation is 1. The molecule has 17 heteroatoms. The van der Waals surface area contributed by atoms with Crippen LogP contribution in [-0.2, 0) is 25.7 Å². The highest BCUT2D eigenvalue weighted by atomic mass is 35.5. The molecule has 364 valence electrons. The second-order valence-corrected chi connectivity index (χ2v) is 20.9. The van der Waals surface area contributed by atoms with Crippen molar-refractivity contribution in [3.05, 3.63) is 113 Å². The van der Waals surface area contributed by atoms with Crippen molar-refractivity contribution in [3.63, 3.8) is 0 Å². The summed E-state index contributed by atoms with van der Waals surface area (Å²) in [5.74, 6) is 1.14. The van der Waals surface area contributed by atoms with E-state index in [1.54, 1.807) is 34.8 Å². The monoisotopic (exact) mass is 994 g/mol. The SMILES string of the molecule is Cc1ncsc1-c1ccc(CNC(=O)[C@@H]2C[C@@H](O)CN2C(=O)[C@@H](NC(=O)COCCN2CCN(CCOc3ccc(Oc4c(-c5ccc(Cl)cc5)sc5cc(O)ccc45)cc3)CC2)C(C)(C)C)cc1. The first-order valence-corrected chi connectivity index (χ1v) is 25.3. The van der Waals surface area contributed by atoms with Gasteiger partial charge in [0.1, 0.15) is 42.5 Å². The van der Waals surface area contributed by atoms with E-state index in [2.05, 4.69) is 25.4 Å². The standard InChI is InChI=1S/C52H59ClN6O8S2/c1-33-47(68-32-55-33)35-7-5-34(6-8-35)29-54-50(63)43-27-39(61)30-59(43)51(64)49(52(2,3)4)56-45(62)31-65-25-23-57-19-21-58(22-20-57)24-26-66-40-14-16-41(17-15-40)67-46-42-18-13-38(60)28-44(42)69-48(46)36-9-11-37(53)12-10-36/h5-18,28,32,39,43,49,60-61H,19-27,29-31H2,1-4H3,(H,54,63)(H,56,62)/t39-,43+,49-/m1/s1. The van der Waals surface area contributed by atoms with Crippen LogP contribution in [-0.4, -0.2) is 131 Å². The lowest BCUT2D eigenvalue weighted by Gasteiger charge is -2.35. The van der Waals surface area contributed by atoms with E-state index in [0.29, 0.717) is 30.5 Å². The molecule has 4 N–H and O–H groups in total. The summed E-state index contributed by atoms with van der Waals surface area (Å²) >= 11 is 9.29. The lowest BCUT2D eigenvalue weighted by Crippen LogP contribution is -2.58. The fraction of sp³-hybridized carbons (Fsp3) is 0.385. The number of thiophene rings is 1. The number of nitrogens with one attached hydrogen (secondary N) is 2. The maximum atomic E-state index is 14.0. The van der Waals surface area contributed by atoms with Crippen LogP contribution in [0.4, 0.5) is 0 Å². The molecule has 0 radical (unpaired) electrons. The molecule has 2 aliphatic rings. The number of nitrogens with zero attached hydrogens (tertiary/aromatic N) is 4. The number of thiazole rings is 1. The third-order valence-corrected chi connectivity index (χ3v) is 14.8. The van der Waals surface area contributed by atoms with Gasteiger partial charge in [-0.25, -0.2) is 4.98 Å². The van der Waals surface area contributed by atoms with Gasteiger partial charge in [-0.3, -0.25) is 24.2 Å². The Morgan fingerprint density at radius 1 is 0.870 bits per heavy atom. The van der Waals surface area contributed by atoms with Crippen LogP contribution in [0.3, 0.4) is 0 Å². The number of phenols is 1. The molecule has 0 spiro atoms. The number of fused-ring (bicyclic) bond motifs is 1. The van der Waals surface area contributed by atoms with E-state index >= 15 is 0 Å². The zero-order valence-electron chi connectivity index (χ0n) is 39.3. The highest BCUT2D eigenvalue weighted by Gasteiger charge is 2.44. The Morgan fingerprint density at radius 2 is 1.52 bits per heavy atom. The first kappa shape index (κ1) is 49.8. The molecule has 2 saturated heterocycles. The number of aliphatic hydroxyl groups excluding tert-OH is 1. The smallest absolute Gasteiger partial charge is 0.246 e. The van der Waals surface area contributed by atoms with Crippen molar-refractivity contribution >= 4 is 62.1 Å². The van der Waals surface area contributed by atoms with Gasteiger partial charge in [-0.1, -0.05) is 68.8 Å². The summed E-state index contributed by atoms with van der Waals surface area (Å²) in [6.07, 6.45) is -0.748. The third-order valence-electron chi connectivity index (χ3n) is 12.4. The molecule has 2 fully saturated rings. The quantitative estimate of drug-likeness (QED) is 0.0618. The van der Waals surface area contributed by atoms with E-state index < -0.39 is 35.4 Å². The Bertz CT molecular complexity index is 2700. The highest BCUT2D eigenvalue weighted by molar-refractivity contribution is 7.22. The number of benzene rings is 4. The normalized spacial score (nSPS) is 17.2. The van der Waals surface area contributed by atoms with Crippen molar-refractivity contribution in [2.75, 3.05) is 65.6 Å². The number of carbonyl (C=O) groups excluding carboxylic acids is 3. The minimum Gasteiger partial charge on any atom is -0.508 e. The van der Waals surface area contributed by atoms with Gasteiger partial charge in [0.25, 0.3) is 0 Å². The summed E-state index contributed by atoms with van der Waals surface area (Å²) in [5.41, 5.74) is 5.04. The minimum atomic E-state index is -0.938. The van der Waals surface area contributed by atoms with Gasteiger partial charge in [0.05, 0.1) is 33.7 Å². The van der Waals surface area contributed by atoms with Crippen LogP contribution in [0.15, 0.2) is 96.5 Å². The van der Waals surface area contributed by atoms with Gasteiger partial charge in [-0.15, -0.1) is 22.7 Å². The van der Waals surface area contributed by atoms with E-state index in [4.69, 9.17) is 25.8 Å². The maximum absolute atomic E-state index is 14.0. The predicted octanol–water partition coefficient (Wildman–Crippen LogP) is 7.97. The zero-order chi connectivity index (χ0) is 48.7. The second-order valence-electron chi connectivity index (χ2n) is 18.5. The van der Waals surface area contributed by atoms with Gasteiger partial charge >= 0.3 is 0 Å². The van der Waals surface area contributed by atoms with Crippen molar-refractivity contribution in [2.45, 2.75) is 58.8 Å². The average molecular weight is 996 g/mol. The van der Waals surface area contributed by atoms with Crippen molar-refractivity contribution in [1.82, 2.24) is 30.3 Å². The molecule has 69 heavy (non-hydrogen) atoms. The van der Waals surface area contributed by atoms with Crippen LogP contribution in [0.1, 0.15) is 38.4 Å². The number of aromatic nitrogens is 1. The molecule has 4 aromatic carbocycles. The minimum absolute atomic E-state index is 0.000169. The van der Waals surface area contributed by atoms with Gasteiger partial charge in [0.15, 0.2) is 5.75 Å². The predicted molar refractivity (Wildman–Crippen MR) is 271 cm³/mol. The van der Waals surface area contributed by atoms with Gasteiger partial charge in [-0.2, -0.15) is 0 Å². The highest BCUT2D eigenvalue weighted by Crippen LogP contribution is 2.47. The van der Waals surface area contributed by atoms with Gasteiger partial charge in [-0.05, 0) is 83.6 Å². The number of phenolic OH excluding ortho intramolecular Hbond substituents is 1. The number of rotatable bonds is 18. The molecule has 0 saturated carbocycles. The molecular weight excluding hydrogens is 936 g/mol. The number of hydrogen-bond donors (Lipinski definition) is 4. The van der Waals surface area contributed by atoms with Crippen LogP contribution in [0.5, 0.6) is 23.0 Å². The Labute approximate surface area is 415 Å². The third kappa shape index (κ3) is 12.8. The lowest BCUT2D eigenvalue weighted by molar-refractivity contribution is -0.144. The Hall–Kier alpha value is -5.59. The number of aromatic hydroxyl groups is 1. The van der Waals surface area contributed by atoms with Crippen LogP contribution in [0.25, 0.3) is 31.0 Å². The second kappa shape index (κ2) is 22.4. The molecule has 0 unspecified atom stereocenters. The number of likely N-dealkylation sites (tertiary alicyclic amines) is 1. The number of ether oxygens (including phenoxy) is 3. The van der Waals surface area contributed by atoms with Crippen LogP contribution >= 0.6 is 34.3 Å². The first-order valence-electron chi connectivity index (χ1n) is 23.2. The zero-order valence-corrected chi connectivity index (χ0v) is 41.7. The lowest BCUT2D eigenvalue weighted by atomic mass is 9.85. The van der Waals surface area contributed by atoms with E-state index in [1.807, 2.05) is 112 Å². The molecule has 3 amide bonds. The van der Waals surface area contributed by atoms with Crippen molar-refractivity contribution < 1.29 is 38.8 Å². The number of piperazine rings is 1. The molecule has 3 atom stereocenters. The molecule has 2 aromatic heterocycles. The van der Waals surface area contributed by atoms with Crippen LogP contribution in [0, 0.1) is 12.3 Å². The molecule has 6 aromatic rings. The van der Waals surface area contributed by atoms with Gasteiger partial charge < -0.3 is 40.0 Å². The number of aliphatic hydroxyl groups is 1. The molecule has 4 heterocycles. The van der Waals surface area contributed by atoms with E-state index in [1.165, 1.54) is 4.90 Å². The molecule has 0 bridgehead atoms. The van der Waals surface area contributed by atoms with Crippen molar-refractivity contribution in [3.8, 4) is 43.9 Å². The number of β-amino-alcohol motifs (C(OH)–C–C–N with tert-alkyl or cyclic N) is 1. The number of halogens is 1. The topological polar surface area (TPSA) is 166 Å². The summed E-state index contributed by atoms with van der Waals surface area (Å²) in [7, 11) is 0. The Morgan fingerprint density at radius 3 is 2.19 bits per heavy atom. The summed E-state index contributed by atoms with van der Waals surface area (Å²) in [5, 5.41) is 28.1. The summed E-state index contributed by atoms with van der Waals surface area (Å²) in [6.45, 7) is 13.4. The van der Waals surface area contributed by atoms with E-state index in [-0.39, 0.29) is 37.8 Å². The Kier molecular flexibility index (Phi) is 16.2. The van der Waals surface area contributed by atoms with Crippen LogP contribution in [0.2, 0.25) is 5.02 Å². The fourth-order valence-electron chi connectivity index (χ4n) is 8.55.